The van der Waals surface area contributed by atoms with Crippen LogP contribution in [0.2, 0.25) is 0 Å². The predicted molar refractivity (Wildman–Crippen MR) is 111 cm³/mol. The zero-order valence-corrected chi connectivity index (χ0v) is 17.3. The van der Waals surface area contributed by atoms with Crippen LogP contribution in [0.3, 0.4) is 0 Å². The summed E-state index contributed by atoms with van der Waals surface area (Å²) in [5.74, 6) is 2.35. The van der Waals surface area contributed by atoms with Crippen molar-refractivity contribution in [1.82, 2.24) is 14.8 Å². The molecule has 4 aromatic rings. The highest BCUT2D eigenvalue weighted by atomic mass is 32.2. The van der Waals surface area contributed by atoms with Crippen LogP contribution in [0, 0.1) is 20.8 Å². The van der Waals surface area contributed by atoms with Gasteiger partial charge in [0.25, 0.3) is 0 Å². The molecule has 0 unspecified atom stereocenters. The number of carbonyl (C=O) groups is 1. The van der Waals surface area contributed by atoms with Crippen LogP contribution in [0.15, 0.2) is 62.9 Å². The predicted octanol–water partition coefficient (Wildman–Crippen LogP) is 5.08. The van der Waals surface area contributed by atoms with E-state index in [2.05, 4.69) is 10.2 Å². The van der Waals surface area contributed by atoms with E-state index in [-0.39, 0.29) is 11.5 Å². The second-order valence-electron chi connectivity index (χ2n) is 6.93. The first kappa shape index (κ1) is 19.3. The fourth-order valence-corrected chi connectivity index (χ4v) is 4.32. The summed E-state index contributed by atoms with van der Waals surface area (Å²) in [7, 11) is 0. The zero-order chi connectivity index (χ0) is 20.4. The summed E-state index contributed by atoms with van der Waals surface area (Å²) in [4.78, 5) is 12.9. The normalized spacial score (nSPS) is 11.1. The Morgan fingerprint density at radius 3 is 2.41 bits per heavy atom. The highest BCUT2D eigenvalue weighted by molar-refractivity contribution is 7.99. The van der Waals surface area contributed by atoms with E-state index in [0.29, 0.717) is 23.3 Å². The van der Waals surface area contributed by atoms with Crippen molar-refractivity contribution in [1.29, 1.82) is 0 Å². The maximum atomic E-state index is 12.9. The van der Waals surface area contributed by atoms with Crippen LogP contribution >= 0.6 is 11.8 Å². The van der Waals surface area contributed by atoms with E-state index in [1.54, 1.807) is 18.6 Å². The van der Waals surface area contributed by atoms with Gasteiger partial charge in [0, 0.05) is 5.56 Å². The van der Waals surface area contributed by atoms with Gasteiger partial charge in [-0.05, 0) is 56.2 Å². The summed E-state index contributed by atoms with van der Waals surface area (Å²) in [5, 5.41) is 9.22. The lowest BCUT2D eigenvalue weighted by Crippen LogP contribution is -2.09. The number of furan rings is 2. The van der Waals surface area contributed by atoms with Crippen molar-refractivity contribution < 1.29 is 13.6 Å². The van der Waals surface area contributed by atoms with Crippen molar-refractivity contribution in [2.45, 2.75) is 32.5 Å². The Morgan fingerprint density at radius 1 is 1.03 bits per heavy atom. The highest BCUT2D eigenvalue weighted by Gasteiger charge is 2.20. The molecule has 6 nitrogen and oxygen atoms in total. The minimum Gasteiger partial charge on any atom is -0.467 e. The number of aryl methyl sites for hydroxylation is 3. The lowest BCUT2D eigenvalue weighted by atomic mass is 9.97. The Morgan fingerprint density at radius 2 is 1.76 bits per heavy atom. The molecule has 0 saturated carbocycles. The van der Waals surface area contributed by atoms with Gasteiger partial charge in [0.15, 0.2) is 16.7 Å². The zero-order valence-electron chi connectivity index (χ0n) is 16.5. The Balaban J connectivity index is 1.60. The van der Waals surface area contributed by atoms with Crippen LogP contribution < -0.4 is 0 Å². The Kier molecular flexibility index (Phi) is 5.40. The van der Waals surface area contributed by atoms with Gasteiger partial charge in [0.2, 0.25) is 5.82 Å². The fourth-order valence-electron chi connectivity index (χ4n) is 3.51. The molecule has 0 saturated heterocycles. The fraction of sp³-hybridized carbons (Fsp3) is 0.227. The standard InChI is InChI=1S/C22H21N3O3S/c1-14-10-15(2)20(16(3)11-14)18(26)13-29-22-24-23-21(19-7-5-9-28-19)25(22)12-17-6-4-8-27-17/h4-11H,12-13H2,1-3H3. The molecule has 4 rings (SSSR count). The van der Waals surface area contributed by atoms with Crippen molar-refractivity contribution in [3.05, 3.63) is 76.9 Å². The number of hydrogen-bond donors (Lipinski definition) is 0. The average Bonchev–Trinajstić information content (AvgIpc) is 3.42. The molecule has 0 radical (unpaired) electrons. The van der Waals surface area contributed by atoms with E-state index in [1.165, 1.54) is 11.8 Å². The van der Waals surface area contributed by atoms with Crippen LogP contribution in [0.4, 0.5) is 0 Å². The smallest absolute Gasteiger partial charge is 0.200 e. The number of Topliss-reactive ketones (excluding diaryl/α,β-unsaturated/α-hetero) is 1. The van der Waals surface area contributed by atoms with Gasteiger partial charge in [0.1, 0.15) is 5.76 Å². The summed E-state index contributed by atoms with van der Waals surface area (Å²) in [5.41, 5.74) is 3.94. The van der Waals surface area contributed by atoms with Crippen molar-refractivity contribution in [2.24, 2.45) is 0 Å². The molecule has 0 N–H and O–H groups in total. The Bertz CT molecular complexity index is 1110. The molecule has 148 valence electrons. The van der Waals surface area contributed by atoms with E-state index >= 15 is 0 Å². The Hall–Kier alpha value is -3.06. The molecule has 3 heterocycles. The minimum atomic E-state index is 0.0806. The molecule has 7 heteroatoms. The van der Waals surface area contributed by atoms with Crippen LogP contribution in [-0.4, -0.2) is 26.3 Å². The molecule has 0 atom stereocenters. The maximum absolute atomic E-state index is 12.9. The largest absolute Gasteiger partial charge is 0.467 e. The van der Waals surface area contributed by atoms with Crippen molar-refractivity contribution in [3.8, 4) is 11.6 Å². The summed E-state index contributed by atoms with van der Waals surface area (Å²) < 4.78 is 12.9. The summed E-state index contributed by atoms with van der Waals surface area (Å²) in [6.45, 7) is 6.45. The monoisotopic (exact) mass is 407 g/mol. The third-order valence-electron chi connectivity index (χ3n) is 4.64. The summed E-state index contributed by atoms with van der Waals surface area (Å²) in [6, 6.07) is 11.5. The van der Waals surface area contributed by atoms with Crippen molar-refractivity contribution in [3.63, 3.8) is 0 Å². The van der Waals surface area contributed by atoms with Crippen LogP contribution in [0.5, 0.6) is 0 Å². The SMILES string of the molecule is Cc1cc(C)c(C(=O)CSc2nnc(-c3ccco3)n2Cc2ccco2)c(C)c1. The highest BCUT2D eigenvalue weighted by Crippen LogP contribution is 2.27. The number of benzene rings is 1. The molecule has 0 aliphatic carbocycles. The first-order chi connectivity index (χ1) is 14.0. The molecule has 0 aliphatic heterocycles. The number of carbonyl (C=O) groups excluding carboxylic acids is 1. The number of thioether (sulfide) groups is 1. The van der Waals surface area contributed by atoms with Crippen molar-refractivity contribution in [2.75, 3.05) is 5.75 Å². The summed E-state index contributed by atoms with van der Waals surface area (Å²) in [6.07, 6.45) is 3.23. The lowest BCUT2D eigenvalue weighted by Gasteiger charge is -2.11. The lowest BCUT2D eigenvalue weighted by molar-refractivity contribution is 0.102. The second kappa shape index (κ2) is 8.13. The van der Waals surface area contributed by atoms with E-state index in [1.807, 2.05) is 55.7 Å². The van der Waals surface area contributed by atoms with Gasteiger partial charge in [-0.15, -0.1) is 10.2 Å². The van der Waals surface area contributed by atoms with Gasteiger partial charge in [-0.25, -0.2) is 0 Å². The average molecular weight is 407 g/mol. The third kappa shape index (κ3) is 4.05. The molecule has 0 amide bonds. The summed E-state index contributed by atoms with van der Waals surface area (Å²) >= 11 is 1.37. The molecular weight excluding hydrogens is 386 g/mol. The minimum absolute atomic E-state index is 0.0806. The molecule has 3 aromatic heterocycles. The van der Waals surface area contributed by atoms with Gasteiger partial charge >= 0.3 is 0 Å². The maximum Gasteiger partial charge on any atom is 0.200 e. The van der Waals surface area contributed by atoms with Gasteiger partial charge in [0.05, 0.1) is 24.8 Å². The molecular formula is C22H21N3O3S. The number of ketones is 1. The van der Waals surface area contributed by atoms with Crippen LogP contribution in [0.25, 0.3) is 11.6 Å². The molecule has 0 aliphatic rings. The molecule has 1 aromatic carbocycles. The molecule has 0 bridgehead atoms. The number of hydrogen-bond acceptors (Lipinski definition) is 6. The van der Waals surface area contributed by atoms with E-state index in [0.717, 1.165) is 28.0 Å². The Labute approximate surface area is 172 Å². The molecule has 29 heavy (non-hydrogen) atoms. The van der Waals surface area contributed by atoms with Crippen LogP contribution in [-0.2, 0) is 6.54 Å². The van der Waals surface area contributed by atoms with Gasteiger partial charge in [-0.2, -0.15) is 0 Å². The van der Waals surface area contributed by atoms with Crippen LogP contribution in [0.1, 0.15) is 32.8 Å². The molecule has 0 fully saturated rings. The topological polar surface area (TPSA) is 74.1 Å². The number of rotatable bonds is 7. The van der Waals surface area contributed by atoms with E-state index in [4.69, 9.17) is 8.83 Å². The van der Waals surface area contributed by atoms with Gasteiger partial charge in [-0.3, -0.25) is 9.36 Å². The number of nitrogens with zero attached hydrogens (tertiary/aromatic N) is 3. The van der Waals surface area contributed by atoms with E-state index in [9.17, 15) is 4.79 Å². The van der Waals surface area contributed by atoms with Gasteiger partial charge < -0.3 is 8.83 Å². The second-order valence-corrected chi connectivity index (χ2v) is 7.88. The third-order valence-corrected chi connectivity index (χ3v) is 5.61. The molecule has 0 spiro atoms. The van der Waals surface area contributed by atoms with Gasteiger partial charge in [-0.1, -0.05) is 29.5 Å². The van der Waals surface area contributed by atoms with Crippen molar-refractivity contribution >= 4 is 17.5 Å². The van der Waals surface area contributed by atoms with E-state index < -0.39 is 0 Å². The quantitative estimate of drug-likeness (QED) is 0.314. The number of aromatic nitrogens is 3. The first-order valence-electron chi connectivity index (χ1n) is 9.26. The first-order valence-corrected chi connectivity index (χ1v) is 10.2.